The van der Waals surface area contributed by atoms with Crippen LogP contribution in [0.25, 0.3) is 0 Å². The highest BCUT2D eigenvalue weighted by Crippen LogP contribution is 2.29. The van der Waals surface area contributed by atoms with Crippen molar-refractivity contribution in [1.29, 1.82) is 0 Å². The average molecular weight is 338 g/mol. The number of anilines is 1. The van der Waals surface area contributed by atoms with Gasteiger partial charge in [0.1, 0.15) is 5.75 Å². The minimum absolute atomic E-state index is 0.00541. The summed E-state index contributed by atoms with van der Waals surface area (Å²) in [4.78, 5) is 24.5. The minimum atomic E-state index is -0.802. The zero-order valence-corrected chi connectivity index (χ0v) is 14.2. The van der Waals surface area contributed by atoms with E-state index in [-0.39, 0.29) is 24.3 Å². The van der Waals surface area contributed by atoms with Crippen molar-refractivity contribution in [2.45, 2.75) is 38.3 Å². The van der Waals surface area contributed by atoms with Crippen LogP contribution >= 0.6 is 0 Å². The largest absolute Gasteiger partial charge is 0.478 e. The maximum atomic E-state index is 12.4. The number of hydrogen-bond donors (Lipinski definition) is 2. The molecule has 0 saturated heterocycles. The van der Waals surface area contributed by atoms with Gasteiger partial charge in [0, 0.05) is 6.04 Å². The quantitative estimate of drug-likeness (QED) is 0.851. The van der Waals surface area contributed by atoms with E-state index in [1.54, 1.807) is 12.1 Å². The van der Waals surface area contributed by atoms with Crippen LogP contribution in [-0.4, -0.2) is 24.0 Å². The topological polar surface area (TPSA) is 67.4 Å². The van der Waals surface area contributed by atoms with E-state index in [1.165, 1.54) is 5.56 Å². The number of carbonyl (C=O) groups is 2. The molecule has 130 valence electrons. The molecule has 1 heterocycles. The minimum Gasteiger partial charge on any atom is -0.478 e. The molecular weight excluding hydrogens is 316 g/mol. The maximum Gasteiger partial charge on any atom is 0.266 e. The molecule has 25 heavy (non-hydrogen) atoms. The molecular formula is C20H22N2O3. The number of nitrogens with one attached hydrogen (secondary N) is 2. The molecule has 1 aliphatic rings. The number of para-hydroxylation sites is 2. The summed E-state index contributed by atoms with van der Waals surface area (Å²) in [6.07, 6.45) is 0.792. The fourth-order valence-corrected chi connectivity index (χ4v) is 2.88. The van der Waals surface area contributed by atoms with Crippen LogP contribution in [-0.2, 0) is 16.0 Å². The lowest BCUT2D eigenvalue weighted by molar-refractivity contribution is -0.130. The first-order chi connectivity index (χ1) is 12.2. The molecule has 2 atom stereocenters. The van der Waals surface area contributed by atoms with Crippen LogP contribution in [0, 0.1) is 0 Å². The molecule has 5 heteroatoms. The molecule has 0 fully saturated rings. The van der Waals surface area contributed by atoms with E-state index < -0.39 is 6.10 Å². The van der Waals surface area contributed by atoms with Crippen molar-refractivity contribution in [2.75, 3.05) is 5.32 Å². The summed E-state index contributed by atoms with van der Waals surface area (Å²) >= 11 is 0. The Labute approximate surface area is 147 Å². The third-order valence-electron chi connectivity index (χ3n) is 4.26. The molecule has 0 saturated carbocycles. The van der Waals surface area contributed by atoms with Gasteiger partial charge in [0.2, 0.25) is 5.91 Å². The number of fused-ring (bicyclic) bond motifs is 1. The number of hydrogen-bond acceptors (Lipinski definition) is 3. The third kappa shape index (κ3) is 4.38. The summed E-state index contributed by atoms with van der Waals surface area (Å²) in [6.45, 7) is 2.04. The lowest BCUT2D eigenvalue weighted by atomic mass is 10.0. The van der Waals surface area contributed by atoms with Gasteiger partial charge in [-0.1, -0.05) is 49.4 Å². The molecule has 2 aromatic carbocycles. The summed E-state index contributed by atoms with van der Waals surface area (Å²) in [5.74, 6) is 0.128. The van der Waals surface area contributed by atoms with Crippen LogP contribution in [0.5, 0.6) is 5.75 Å². The van der Waals surface area contributed by atoms with E-state index in [0.717, 1.165) is 12.8 Å². The first-order valence-corrected chi connectivity index (χ1v) is 8.55. The van der Waals surface area contributed by atoms with Crippen molar-refractivity contribution >= 4 is 17.5 Å². The standard InChI is InChI=1S/C20H22N2O3/c1-2-15(12-14-8-4-3-5-9-14)21-19(23)13-18-20(24)22-16-10-6-7-11-17(16)25-18/h3-11,15,18H,2,12-13H2,1H3,(H,21,23)(H,22,24)/t15-,18-/m1/s1. The summed E-state index contributed by atoms with van der Waals surface area (Å²) in [5.41, 5.74) is 1.81. The molecule has 3 rings (SSSR count). The van der Waals surface area contributed by atoms with Crippen molar-refractivity contribution in [2.24, 2.45) is 0 Å². The smallest absolute Gasteiger partial charge is 0.266 e. The molecule has 5 nitrogen and oxygen atoms in total. The van der Waals surface area contributed by atoms with Gasteiger partial charge in [-0.05, 0) is 30.5 Å². The van der Waals surface area contributed by atoms with Gasteiger partial charge in [-0.2, -0.15) is 0 Å². The molecule has 1 aliphatic heterocycles. The van der Waals surface area contributed by atoms with Crippen LogP contribution in [0.2, 0.25) is 0 Å². The monoisotopic (exact) mass is 338 g/mol. The van der Waals surface area contributed by atoms with Gasteiger partial charge in [0.05, 0.1) is 12.1 Å². The SMILES string of the molecule is CC[C@H](Cc1ccccc1)NC(=O)C[C@H]1Oc2ccccc2NC1=O. The van der Waals surface area contributed by atoms with Crippen molar-refractivity contribution in [3.8, 4) is 5.75 Å². The van der Waals surface area contributed by atoms with Crippen molar-refractivity contribution in [3.05, 3.63) is 60.2 Å². The van der Waals surface area contributed by atoms with Crippen LogP contribution < -0.4 is 15.4 Å². The van der Waals surface area contributed by atoms with Gasteiger partial charge < -0.3 is 15.4 Å². The van der Waals surface area contributed by atoms with E-state index in [0.29, 0.717) is 11.4 Å². The molecule has 2 amide bonds. The van der Waals surface area contributed by atoms with Crippen LogP contribution in [0.15, 0.2) is 54.6 Å². The Bertz CT molecular complexity index is 746. The number of amides is 2. The summed E-state index contributed by atoms with van der Waals surface area (Å²) < 4.78 is 5.68. The normalized spacial score (nSPS) is 17.0. The van der Waals surface area contributed by atoms with Gasteiger partial charge in [-0.3, -0.25) is 9.59 Å². The van der Waals surface area contributed by atoms with Gasteiger partial charge in [-0.15, -0.1) is 0 Å². The van der Waals surface area contributed by atoms with Gasteiger partial charge in [-0.25, -0.2) is 0 Å². The Hall–Kier alpha value is -2.82. The molecule has 0 aromatic heterocycles. The van der Waals surface area contributed by atoms with Crippen LogP contribution in [0.4, 0.5) is 5.69 Å². The van der Waals surface area contributed by atoms with E-state index >= 15 is 0 Å². The zero-order valence-electron chi connectivity index (χ0n) is 14.2. The Kier molecular flexibility index (Phi) is 5.33. The number of rotatable bonds is 6. The fraction of sp³-hybridized carbons (Fsp3) is 0.300. The van der Waals surface area contributed by atoms with Crippen molar-refractivity contribution in [3.63, 3.8) is 0 Å². The Morgan fingerprint density at radius 3 is 2.64 bits per heavy atom. The van der Waals surface area contributed by atoms with E-state index in [2.05, 4.69) is 10.6 Å². The Balaban J connectivity index is 1.57. The van der Waals surface area contributed by atoms with E-state index in [9.17, 15) is 9.59 Å². The molecule has 2 N–H and O–H groups in total. The second-order valence-corrected chi connectivity index (χ2v) is 6.16. The third-order valence-corrected chi connectivity index (χ3v) is 4.26. The number of carbonyl (C=O) groups excluding carboxylic acids is 2. The highest BCUT2D eigenvalue weighted by atomic mass is 16.5. The highest BCUT2D eigenvalue weighted by molar-refractivity contribution is 5.99. The van der Waals surface area contributed by atoms with Gasteiger partial charge in [0.25, 0.3) is 5.91 Å². The molecule has 0 aliphatic carbocycles. The maximum absolute atomic E-state index is 12.4. The van der Waals surface area contributed by atoms with E-state index in [1.807, 2.05) is 49.4 Å². The van der Waals surface area contributed by atoms with E-state index in [4.69, 9.17) is 4.74 Å². The molecule has 2 aromatic rings. The summed E-state index contributed by atoms with van der Waals surface area (Å²) in [7, 11) is 0. The Morgan fingerprint density at radius 2 is 1.88 bits per heavy atom. The second-order valence-electron chi connectivity index (χ2n) is 6.16. The van der Waals surface area contributed by atoms with Crippen molar-refractivity contribution in [1.82, 2.24) is 5.32 Å². The lowest BCUT2D eigenvalue weighted by Crippen LogP contribution is -2.43. The molecule has 0 radical (unpaired) electrons. The predicted octanol–water partition coefficient (Wildman–Crippen LogP) is 2.91. The van der Waals surface area contributed by atoms with Crippen molar-refractivity contribution < 1.29 is 14.3 Å². The van der Waals surface area contributed by atoms with Crippen LogP contribution in [0.1, 0.15) is 25.3 Å². The predicted molar refractivity (Wildman–Crippen MR) is 96.5 cm³/mol. The first kappa shape index (κ1) is 17.0. The van der Waals surface area contributed by atoms with Gasteiger partial charge in [0.15, 0.2) is 6.10 Å². The summed E-state index contributed by atoms with van der Waals surface area (Å²) in [5, 5.41) is 5.79. The lowest BCUT2D eigenvalue weighted by Gasteiger charge is -2.26. The number of ether oxygens (including phenoxy) is 1. The Morgan fingerprint density at radius 1 is 1.16 bits per heavy atom. The highest BCUT2D eigenvalue weighted by Gasteiger charge is 2.29. The zero-order chi connectivity index (χ0) is 17.6. The second kappa shape index (κ2) is 7.83. The van der Waals surface area contributed by atoms with Gasteiger partial charge >= 0.3 is 0 Å². The fourth-order valence-electron chi connectivity index (χ4n) is 2.88. The molecule has 0 unspecified atom stereocenters. The first-order valence-electron chi connectivity index (χ1n) is 8.55. The summed E-state index contributed by atoms with van der Waals surface area (Å²) in [6, 6.07) is 17.3. The molecule has 0 bridgehead atoms. The number of benzene rings is 2. The molecule has 0 spiro atoms. The van der Waals surface area contributed by atoms with Crippen LogP contribution in [0.3, 0.4) is 0 Å². The average Bonchev–Trinajstić information content (AvgIpc) is 2.62.